The monoisotopic (exact) mass is 212 g/mol. The van der Waals surface area contributed by atoms with Crippen LogP contribution in [0.1, 0.15) is 74.1 Å². The first-order chi connectivity index (χ1) is 6.79. The highest BCUT2D eigenvalue weighted by Crippen LogP contribution is 2.36. The van der Waals surface area contributed by atoms with Crippen molar-refractivity contribution in [2.24, 2.45) is 23.2 Å². The zero-order valence-corrected chi connectivity index (χ0v) is 12.1. The first-order valence-electron chi connectivity index (χ1n) is 6.79. The molecular formula is C15H32. The van der Waals surface area contributed by atoms with E-state index in [1.807, 2.05) is 0 Å². The fourth-order valence-corrected chi connectivity index (χ4v) is 2.66. The Labute approximate surface area is 97.8 Å². The van der Waals surface area contributed by atoms with Gasteiger partial charge in [0.15, 0.2) is 0 Å². The molecule has 15 heavy (non-hydrogen) atoms. The second-order valence-electron chi connectivity index (χ2n) is 6.66. The van der Waals surface area contributed by atoms with E-state index in [0.717, 1.165) is 17.8 Å². The summed E-state index contributed by atoms with van der Waals surface area (Å²) >= 11 is 0. The van der Waals surface area contributed by atoms with E-state index in [-0.39, 0.29) is 0 Å². The summed E-state index contributed by atoms with van der Waals surface area (Å²) in [5, 5.41) is 0. The Morgan fingerprint density at radius 2 is 1.47 bits per heavy atom. The minimum absolute atomic E-state index is 0.476. The molecule has 0 saturated carbocycles. The molecule has 92 valence electrons. The van der Waals surface area contributed by atoms with Crippen molar-refractivity contribution in [1.29, 1.82) is 0 Å². The summed E-state index contributed by atoms with van der Waals surface area (Å²) in [6, 6.07) is 0. The molecule has 0 aromatic rings. The molecular weight excluding hydrogens is 180 g/mol. The summed E-state index contributed by atoms with van der Waals surface area (Å²) in [5.74, 6) is 2.61. The Balaban J connectivity index is 3.99. The molecule has 0 heterocycles. The number of hydrogen-bond donors (Lipinski definition) is 0. The summed E-state index contributed by atoms with van der Waals surface area (Å²) in [7, 11) is 0. The van der Waals surface area contributed by atoms with Gasteiger partial charge in [-0.3, -0.25) is 0 Å². The molecule has 0 aliphatic carbocycles. The molecule has 0 aliphatic rings. The first kappa shape index (κ1) is 15.0. The zero-order valence-electron chi connectivity index (χ0n) is 12.1. The third-order valence-corrected chi connectivity index (χ3v) is 3.83. The van der Waals surface area contributed by atoms with E-state index < -0.39 is 0 Å². The lowest BCUT2D eigenvalue weighted by atomic mass is 9.71. The van der Waals surface area contributed by atoms with Crippen molar-refractivity contribution in [3.05, 3.63) is 0 Å². The molecule has 0 spiro atoms. The standard InChI is InChI=1S/C15H32/c1-8-13(4)10-9-11-14(12(2)3)15(5,6)7/h12-14H,8-11H2,1-7H3. The van der Waals surface area contributed by atoms with Crippen LogP contribution in [-0.4, -0.2) is 0 Å². The molecule has 0 aromatic carbocycles. The van der Waals surface area contributed by atoms with Gasteiger partial charge in [0, 0.05) is 0 Å². The highest BCUT2D eigenvalue weighted by atomic mass is 14.3. The Kier molecular flexibility index (Phi) is 6.55. The van der Waals surface area contributed by atoms with Crippen molar-refractivity contribution in [2.45, 2.75) is 74.1 Å². The van der Waals surface area contributed by atoms with Crippen LogP contribution in [0, 0.1) is 23.2 Å². The van der Waals surface area contributed by atoms with Crippen molar-refractivity contribution in [2.75, 3.05) is 0 Å². The van der Waals surface area contributed by atoms with E-state index in [1.165, 1.54) is 25.7 Å². The molecule has 0 aromatic heterocycles. The van der Waals surface area contributed by atoms with Gasteiger partial charge < -0.3 is 0 Å². The Morgan fingerprint density at radius 3 is 1.80 bits per heavy atom. The molecule has 0 rings (SSSR count). The van der Waals surface area contributed by atoms with Crippen molar-refractivity contribution >= 4 is 0 Å². The number of hydrogen-bond acceptors (Lipinski definition) is 0. The maximum atomic E-state index is 2.39. The molecule has 0 heteroatoms. The lowest BCUT2D eigenvalue weighted by Gasteiger charge is -2.34. The summed E-state index contributed by atoms with van der Waals surface area (Å²) in [5.41, 5.74) is 0.476. The van der Waals surface area contributed by atoms with Gasteiger partial charge in [0.2, 0.25) is 0 Å². The number of rotatable bonds is 6. The largest absolute Gasteiger partial charge is 0.0651 e. The lowest BCUT2D eigenvalue weighted by molar-refractivity contribution is 0.159. The summed E-state index contributed by atoms with van der Waals surface area (Å²) in [6.07, 6.45) is 5.57. The average molecular weight is 212 g/mol. The average Bonchev–Trinajstić information content (AvgIpc) is 2.09. The van der Waals surface area contributed by atoms with Gasteiger partial charge in [-0.2, -0.15) is 0 Å². The van der Waals surface area contributed by atoms with Crippen molar-refractivity contribution in [3.63, 3.8) is 0 Å². The van der Waals surface area contributed by atoms with Crippen LogP contribution in [0.3, 0.4) is 0 Å². The lowest BCUT2D eigenvalue weighted by Crippen LogP contribution is -2.25. The van der Waals surface area contributed by atoms with Crippen LogP contribution in [-0.2, 0) is 0 Å². The zero-order chi connectivity index (χ0) is 12.1. The van der Waals surface area contributed by atoms with Gasteiger partial charge in [-0.1, -0.05) is 67.7 Å². The van der Waals surface area contributed by atoms with E-state index in [4.69, 9.17) is 0 Å². The van der Waals surface area contributed by atoms with Crippen LogP contribution >= 0.6 is 0 Å². The molecule has 0 bridgehead atoms. The highest BCUT2D eigenvalue weighted by molar-refractivity contribution is 4.76. The minimum Gasteiger partial charge on any atom is -0.0651 e. The van der Waals surface area contributed by atoms with Gasteiger partial charge in [0.05, 0.1) is 0 Å². The first-order valence-corrected chi connectivity index (χ1v) is 6.79. The van der Waals surface area contributed by atoms with E-state index >= 15 is 0 Å². The van der Waals surface area contributed by atoms with Crippen LogP contribution in [0.4, 0.5) is 0 Å². The van der Waals surface area contributed by atoms with Crippen LogP contribution in [0.2, 0.25) is 0 Å². The quantitative estimate of drug-likeness (QED) is 0.543. The maximum absolute atomic E-state index is 2.39. The second-order valence-corrected chi connectivity index (χ2v) is 6.66. The van der Waals surface area contributed by atoms with Crippen molar-refractivity contribution < 1.29 is 0 Å². The molecule has 0 N–H and O–H groups in total. The normalized spacial score (nSPS) is 16.8. The summed E-state index contributed by atoms with van der Waals surface area (Å²) in [6.45, 7) is 16.6. The second kappa shape index (κ2) is 6.55. The van der Waals surface area contributed by atoms with Gasteiger partial charge in [-0.05, 0) is 29.6 Å². The van der Waals surface area contributed by atoms with E-state index in [9.17, 15) is 0 Å². The van der Waals surface area contributed by atoms with Gasteiger partial charge >= 0.3 is 0 Å². The molecule has 2 atom stereocenters. The van der Waals surface area contributed by atoms with Crippen LogP contribution in [0.15, 0.2) is 0 Å². The molecule has 2 unspecified atom stereocenters. The Hall–Kier alpha value is 0. The Bertz CT molecular complexity index is 150. The van der Waals surface area contributed by atoms with E-state index in [2.05, 4.69) is 48.5 Å². The smallest absolute Gasteiger partial charge is 0.0342 e. The van der Waals surface area contributed by atoms with Crippen molar-refractivity contribution in [3.8, 4) is 0 Å². The SMILES string of the molecule is CCC(C)CCCC(C(C)C)C(C)(C)C. The Morgan fingerprint density at radius 1 is 0.933 bits per heavy atom. The molecule has 0 amide bonds. The fraction of sp³-hybridized carbons (Fsp3) is 1.00. The van der Waals surface area contributed by atoms with Gasteiger partial charge in [0.1, 0.15) is 0 Å². The van der Waals surface area contributed by atoms with Crippen LogP contribution in [0.25, 0.3) is 0 Å². The molecule has 0 fully saturated rings. The summed E-state index contributed by atoms with van der Waals surface area (Å²) in [4.78, 5) is 0. The highest BCUT2D eigenvalue weighted by Gasteiger charge is 2.26. The minimum atomic E-state index is 0.476. The predicted molar refractivity (Wildman–Crippen MR) is 71.1 cm³/mol. The molecule has 0 aliphatic heterocycles. The predicted octanol–water partition coefficient (Wildman–Crippen LogP) is 5.52. The van der Waals surface area contributed by atoms with Crippen LogP contribution in [0.5, 0.6) is 0 Å². The summed E-state index contributed by atoms with van der Waals surface area (Å²) < 4.78 is 0. The van der Waals surface area contributed by atoms with Gasteiger partial charge in [-0.25, -0.2) is 0 Å². The van der Waals surface area contributed by atoms with Crippen LogP contribution < -0.4 is 0 Å². The molecule has 0 nitrogen and oxygen atoms in total. The van der Waals surface area contributed by atoms with Gasteiger partial charge in [-0.15, -0.1) is 0 Å². The topological polar surface area (TPSA) is 0 Å². The van der Waals surface area contributed by atoms with Crippen molar-refractivity contribution in [1.82, 2.24) is 0 Å². The van der Waals surface area contributed by atoms with E-state index in [0.29, 0.717) is 5.41 Å². The maximum Gasteiger partial charge on any atom is -0.0342 e. The fourth-order valence-electron chi connectivity index (χ4n) is 2.66. The third kappa shape index (κ3) is 6.22. The van der Waals surface area contributed by atoms with Gasteiger partial charge in [0.25, 0.3) is 0 Å². The molecule has 0 saturated heterocycles. The third-order valence-electron chi connectivity index (χ3n) is 3.83. The van der Waals surface area contributed by atoms with E-state index in [1.54, 1.807) is 0 Å². The molecule has 0 radical (unpaired) electrons.